The number of nitrogens with one attached hydrogen (secondary N) is 3. The van der Waals surface area contributed by atoms with Gasteiger partial charge in [0.1, 0.15) is 6.17 Å². The normalized spacial score (nSPS) is 19.3. The van der Waals surface area contributed by atoms with Crippen LogP contribution in [0.5, 0.6) is 0 Å². The van der Waals surface area contributed by atoms with Gasteiger partial charge < -0.3 is 20.9 Å². The van der Waals surface area contributed by atoms with Crippen molar-refractivity contribution in [2.75, 3.05) is 7.05 Å². The Bertz CT molecular complexity index is 670. The van der Waals surface area contributed by atoms with E-state index in [1.54, 1.807) is 0 Å². The fourth-order valence-corrected chi connectivity index (χ4v) is 3.02. The minimum absolute atomic E-state index is 0.220. The molecule has 1 unspecified atom stereocenters. The second kappa shape index (κ2) is 7.77. The van der Waals surface area contributed by atoms with Gasteiger partial charge in [0.05, 0.1) is 5.70 Å². The van der Waals surface area contributed by atoms with Crippen LogP contribution in [-0.2, 0) is 6.54 Å². The maximum absolute atomic E-state index is 3.45. The van der Waals surface area contributed by atoms with Gasteiger partial charge in [-0.3, -0.25) is 0 Å². The molecule has 1 aromatic carbocycles. The Balaban J connectivity index is 1.63. The van der Waals surface area contributed by atoms with Gasteiger partial charge in [-0.2, -0.15) is 0 Å². The summed E-state index contributed by atoms with van der Waals surface area (Å²) >= 11 is 0. The van der Waals surface area contributed by atoms with Crippen molar-refractivity contribution in [2.45, 2.75) is 32.5 Å². The first-order valence-electron chi connectivity index (χ1n) is 8.61. The lowest BCUT2D eigenvalue weighted by atomic mass is 10.1. The average Bonchev–Trinajstić information content (AvgIpc) is 3.02. The summed E-state index contributed by atoms with van der Waals surface area (Å²) in [6.07, 6.45) is 13.3. The summed E-state index contributed by atoms with van der Waals surface area (Å²) in [5.74, 6) is 0. The van der Waals surface area contributed by atoms with Crippen LogP contribution < -0.4 is 16.0 Å². The van der Waals surface area contributed by atoms with E-state index < -0.39 is 0 Å². The van der Waals surface area contributed by atoms with Crippen molar-refractivity contribution in [1.82, 2.24) is 20.9 Å². The predicted molar refractivity (Wildman–Crippen MR) is 99.4 cm³/mol. The van der Waals surface area contributed by atoms with Crippen molar-refractivity contribution >= 4 is 0 Å². The first-order valence-corrected chi connectivity index (χ1v) is 8.61. The van der Waals surface area contributed by atoms with Gasteiger partial charge in [0.15, 0.2) is 0 Å². The Morgan fingerprint density at radius 3 is 2.88 bits per heavy atom. The number of allylic oxidation sites excluding steroid dienone is 2. The molecule has 4 heteroatoms. The Kier molecular flexibility index (Phi) is 5.26. The van der Waals surface area contributed by atoms with Crippen LogP contribution in [0.4, 0.5) is 0 Å². The van der Waals surface area contributed by atoms with E-state index in [9.17, 15) is 0 Å². The maximum atomic E-state index is 3.45. The van der Waals surface area contributed by atoms with Crippen LogP contribution in [0, 0.1) is 0 Å². The number of nitrogens with zero attached hydrogens (tertiary/aromatic N) is 1. The first-order chi connectivity index (χ1) is 11.8. The van der Waals surface area contributed by atoms with E-state index in [0.29, 0.717) is 0 Å². The van der Waals surface area contributed by atoms with E-state index in [1.807, 2.05) is 19.3 Å². The van der Waals surface area contributed by atoms with E-state index in [1.165, 1.54) is 16.8 Å². The zero-order chi connectivity index (χ0) is 16.8. The molecule has 0 aliphatic carbocycles. The van der Waals surface area contributed by atoms with Crippen LogP contribution in [0.25, 0.3) is 0 Å². The van der Waals surface area contributed by atoms with Gasteiger partial charge in [-0.25, -0.2) is 0 Å². The molecule has 4 nitrogen and oxygen atoms in total. The Morgan fingerprint density at radius 1 is 1.29 bits per heavy atom. The summed E-state index contributed by atoms with van der Waals surface area (Å²) in [7, 11) is 1.96. The van der Waals surface area contributed by atoms with Crippen LogP contribution in [0.15, 0.2) is 78.1 Å². The third-order valence-corrected chi connectivity index (χ3v) is 4.29. The molecule has 0 fully saturated rings. The number of benzene rings is 1. The SMILES string of the molecule is CCCC1=CNC2C=C(/C(=C/NCc3ccccc3)NC)C=CN12. The zero-order valence-electron chi connectivity index (χ0n) is 14.4. The lowest BCUT2D eigenvalue weighted by Crippen LogP contribution is -2.34. The summed E-state index contributed by atoms with van der Waals surface area (Å²) < 4.78 is 0. The van der Waals surface area contributed by atoms with Crippen molar-refractivity contribution in [2.24, 2.45) is 0 Å². The van der Waals surface area contributed by atoms with E-state index in [0.717, 1.165) is 25.1 Å². The third kappa shape index (κ3) is 3.65. The minimum atomic E-state index is 0.220. The van der Waals surface area contributed by atoms with Gasteiger partial charge >= 0.3 is 0 Å². The molecule has 1 atom stereocenters. The molecule has 2 aliphatic heterocycles. The maximum Gasteiger partial charge on any atom is 0.123 e. The van der Waals surface area contributed by atoms with E-state index in [4.69, 9.17) is 0 Å². The highest BCUT2D eigenvalue weighted by Gasteiger charge is 2.24. The summed E-state index contributed by atoms with van der Waals surface area (Å²) in [5.41, 5.74) is 4.91. The van der Waals surface area contributed by atoms with Gasteiger partial charge in [-0.15, -0.1) is 0 Å². The fourth-order valence-electron chi connectivity index (χ4n) is 3.02. The smallest absolute Gasteiger partial charge is 0.123 e. The summed E-state index contributed by atoms with van der Waals surface area (Å²) in [5, 5.41) is 10.1. The van der Waals surface area contributed by atoms with Crippen LogP contribution in [0.2, 0.25) is 0 Å². The Morgan fingerprint density at radius 2 is 2.12 bits per heavy atom. The number of likely N-dealkylation sites (N-methyl/N-ethyl adjacent to an activating group) is 1. The molecule has 126 valence electrons. The highest BCUT2D eigenvalue weighted by molar-refractivity contribution is 5.43. The van der Waals surface area contributed by atoms with Gasteiger partial charge in [-0.1, -0.05) is 43.7 Å². The summed E-state index contributed by atoms with van der Waals surface area (Å²) in [6.45, 7) is 3.03. The van der Waals surface area contributed by atoms with Crippen LogP contribution in [0.1, 0.15) is 25.3 Å². The number of hydrogen-bond acceptors (Lipinski definition) is 4. The largest absolute Gasteiger partial charge is 0.386 e. The monoisotopic (exact) mass is 322 g/mol. The van der Waals surface area contributed by atoms with E-state index in [-0.39, 0.29) is 6.17 Å². The minimum Gasteiger partial charge on any atom is -0.386 e. The molecular weight excluding hydrogens is 296 g/mol. The van der Waals surface area contributed by atoms with Gasteiger partial charge in [0.2, 0.25) is 0 Å². The van der Waals surface area contributed by atoms with E-state index >= 15 is 0 Å². The molecule has 0 saturated heterocycles. The van der Waals surface area contributed by atoms with E-state index in [2.05, 4.69) is 76.6 Å². The molecule has 3 N–H and O–H groups in total. The molecule has 0 radical (unpaired) electrons. The third-order valence-electron chi connectivity index (χ3n) is 4.29. The van der Waals surface area contributed by atoms with Crippen molar-refractivity contribution in [3.63, 3.8) is 0 Å². The highest BCUT2D eigenvalue weighted by Crippen LogP contribution is 2.26. The summed E-state index contributed by atoms with van der Waals surface area (Å²) in [4.78, 5) is 2.30. The van der Waals surface area contributed by atoms with Crippen molar-refractivity contribution in [3.8, 4) is 0 Å². The standard InChI is InChI=1S/C20H26N4/c1-3-7-18-14-23-20-12-17(10-11-24(18)20)19(21-2)15-22-13-16-8-5-4-6-9-16/h4-6,8-12,14-15,20-23H,3,7,13H2,1-2H3/b19-15-. The molecule has 2 heterocycles. The lowest BCUT2D eigenvalue weighted by Gasteiger charge is -2.28. The van der Waals surface area contributed by atoms with Crippen LogP contribution in [0.3, 0.4) is 0 Å². The van der Waals surface area contributed by atoms with Gasteiger partial charge in [0.25, 0.3) is 0 Å². The van der Waals surface area contributed by atoms with Crippen molar-refractivity contribution < 1.29 is 0 Å². The molecule has 0 spiro atoms. The second-order valence-electron chi connectivity index (χ2n) is 6.02. The Hall–Kier alpha value is -2.62. The molecule has 0 bridgehead atoms. The molecule has 2 aliphatic rings. The van der Waals surface area contributed by atoms with Gasteiger partial charge in [-0.05, 0) is 24.1 Å². The number of fused-ring (bicyclic) bond motifs is 1. The average molecular weight is 322 g/mol. The lowest BCUT2D eigenvalue weighted by molar-refractivity contribution is 0.386. The molecule has 24 heavy (non-hydrogen) atoms. The van der Waals surface area contributed by atoms with Crippen molar-refractivity contribution in [3.05, 3.63) is 83.6 Å². The van der Waals surface area contributed by atoms with Crippen molar-refractivity contribution in [1.29, 1.82) is 0 Å². The van der Waals surface area contributed by atoms with Crippen LogP contribution >= 0.6 is 0 Å². The first kappa shape index (κ1) is 16.2. The molecule has 0 saturated carbocycles. The fraction of sp³-hybridized carbons (Fsp3) is 0.300. The topological polar surface area (TPSA) is 39.3 Å². The van der Waals surface area contributed by atoms with Crippen LogP contribution in [-0.4, -0.2) is 18.1 Å². The quantitative estimate of drug-likeness (QED) is 0.721. The molecule has 3 rings (SSSR count). The van der Waals surface area contributed by atoms with Gasteiger partial charge in [0, 0.05) is 43.5 Å². The second-order valence-corrected chi connectivity index (χ2v) is 6.02. The number of hydrogen-bond donors (Lipinski definition) is 3. The summed E-state index contributed by atoms with van der Waals surface area (Å²) in [6, 6.07) is 10.4. The molecule has 0 amide bonds. The Labute approximate surface area is 144 Å². The zero-order valence-corrected chi connectivity index (χ0v) is 14.4. The number of rotatable bonds is 7. The predicted octanol–water partition coefficient (Wildman–Crippen LogP) is 3.16. The molecule has 0 aromatic heterocycles. The highest BCUT2D eigenvalue weighted by atomic mass is 15.3. The molecule has 1 aromatic rings. The molecular formula is C20H26N4.